The van der Waals surface area contributed by atoms with E-state index in [1.807, 2.05) is 24.3 Å². The molecule has 0 radical (unpaired) electrons. The predicted molar refractivity (Wildman–Crippen MR) is 76.9 cm³/mol. The SMILES string of the molecule is CC1CCC(Nc2c(C(=O)O)nnc3ccccc23)C1. The number of rotatable bonds is 3. The van der Waals surface area contributed by atoms with Crippen molar-refractivity contribution in [1.29, 1.82) is 0 Å². The molecule has 1 aromatic heterocycles. The molecule has 2 aromatic rings. The first-order chi connectivity index (χ1) is 9.65. The van der Waals surface area contributed by atoms with Crippen LogP contribution in [0.1, 0.15) is 36.7 Å². The minimum Gasteiger partial charge on any atom is -0.476 e. The number of carboxylic acids is 1. The van der Waals surface area contributed by atoms with Crippen molar-refractivity contribution in [2.45, 2.75) is 32.2 Å². The molecule has 0 spiro atoms. The molecule has 0 saturated heterocycles. The van der Waals surface area contributed by atoms with Crippen molar-refractivity contribution in [3.63, 3.8) is 0 Å². The molecule has 5 heteroatoms. The Morgan fingerprint density at radius 1 is 1.30 bits per heavy atom. The van der Waals surface area contributed by atoms with E-state index in [2.05, 4.69) is 22.4 Å². The molecule has 0 aliphatic heterocycles. The van der Waals surface area contributed by atoms with Crippen LogP contribution in [0.25, 0.3) is 10.9 Å². The number of nitrogens with zero attached hydrogens (tertiary/aromatic N) is 2. The number of anilines is 1. The zero-order valence-electron chi connectivity index (χ0n) is 11.3. The van der Waals surface area contributed by atoms with Gasteiger partial charge in [0.25, 0.3) is 0 Å². The molecule has 2 N–H and O–H groups in total. The van der Waals surface area contributed by atoms with Crippen LogP contribution in [-0.2, 0) is 0 Å². The Hall–Kier alpha value is -2.17. The molecule has 0 bridgehead atoms. The number of carbonyl (C=O) groups is 1. The summed E-state index contributed by atoms with van der Waals surface area (Å²) in [6.07, 6.45) is 3.31. The van der Waals surface area contributed by atoms with Crippen LogP contribution < -0.4 is 5.32 Å². The summed E-state index contributed by atoms with van der Waals surface area (Å²) in [5, 5.41) is 21.3. The minimum atomic E-state index is -1.04. The number of carboxylic acid groups (broad SMARTS) is 1. The summed E-state index contributed by atoms with van der Waals surface area (Å²) in [7, 11) is 0. The van der Waals surface area contributed by atoms with E-state index in [4.69, 9.17) is 0 Å². The fraction of sp³-hybridized carbons (Fsp3) is 0.400. The summed E-state index contributed by atoms with van der Waals surface area (Å²) < 4.78 is 0. The third-order valence-corrected chi connectivity index (χ3v) is 3.91. The maximum Gasteiger partial charge on any atom is 0.358 e. The molecule has 1 aliphatic carbocycles. The fourth-order valence-electron chi connectivity index (χ4n) is 2.89. The zero-order valence-corrected chi connectivity index (χ0v) is 11.3. The largest absolute Gasteiger partial charge is 0.476 e. The summed E-state index contributed by atoms with van der Waals surface area (Å²) in [5.74, 6) is -0.362. The van der Waals surface area contributed by atoms with Gasteiger partial charge >= 0.3 is 5.97 Å². The van der Waals surface area contributed by atoms with Crippen LogP contribution in [0.4, 0.5) is 5.69 Å². The maximum absolute atomic E-state index is 11.4. The molecule has 20 heavy (non-hydrogen) atoms. The standard InChI is InChI=1S/C15H17N3O2/c1-9-6-7-10(8-9)16-13-11-4-2-3-5-12(11)17-18-14(13)15(19)20/h2-5,9-10H,6-8H2,1H3,(H,16,17)(H,19,20). The molecule has 104 valence electrons. The number of fused-ring (bicyclic) bond motifs is 1. The molecule has 2 atom stereocenters. The lowest BCUT2D eigenvalue weighted by molar-refractivity contribution is 0.0690. The topological polar surface area (TPSA) is 75.1 Å². The lowest BCUT2D eigenvalue weighted by Crippen LogP contribution is -2.19. The number of aromatic nitrogens is 2. The van der Waals surface area contributed by atoms with Crippen LogP contribution in [0, 0.1) is 5.92 Å². The highest BCUT2D eigenvalue weighted by Gasteiger charge is 2.24. The van der Waals surface area contributed by atoms with Gasteiger partial charge in [0.1, 0.15) is 0 Å². The van der Waals surface area contributed by atoms with Crippen molar-refractivity contribution in [2.24, 2.45) is 5.92 Å². The van der Waals surface area contributed by atoms with Crippen LogP contribution in [-0.4, -0.2) is 27.3 Å². The molecule has 1 aliphatic rings. The van der Waals surface area contributed by atoms with Crippen molar-refractivity contribution in [3.8, 4) is 0 Å². The Morgan fingerprint density at radius 3 is 2.80 bits per heavy atom. The van der Waals surface area contributed by atoms with E-state index in [0.717, 1.165) is 18.2 Å². The second-order valence-electron chi connectivity index (χ2n) is 5.51. The van der Waals surface area contributed by atoms with Crippen LogP contribution in [0.2, 0.25) is 0 Å². The van der Waals surface area contributed by atoms with Crippen molar-refractivity contribution < 1.29 is 9.90 Å². The van der Waals surface area contributed by atoms with E-state index in [0.29, 0.717) is 23.2 Å². The Labute approximate surface area is 117 Å². The fourth-order valence-corrected chi connectivity index (χ4v) is 2.89. The molecular weight excluding hydrogens is 254 g/mol. The number of aromatic carboxylic acids is 1. The number of hydrogen-bond acceptors (Lipinski definition) is 4. The monoisotopic (exact) mass is 271 g/mol. The molecule has 0 amide bonds. The second kappa shape index (κ2) is 5.07. The van der Waals surface area contributed by atoms with Crippen molar-refractivity contribution in [1.82, 2.24) is 10.2 Å². The van der Waals surface area contributed by atoms with Gasteiger partial charge in [-0.2, -0.15) is 0 Å². The van der Waals surface area contributed by atoms with Gasteiger partial charge in [-0.25, -0.2) is 4.79 Å². The van der Waals surface area contributed by atoms with Gasteiger partial charge in [-0.3, -0.25) is 0 Å². The van der Waals surface area contributed by atoms with Gasteiger partial charge in [0.05, 0.1) is 11.2 Å². The number of hydrogen-bond donors (Lipinski definition) is 2. The van der Waals surface area contributed by atoms with Crippen LogP contribution in [0.5, 0.6) is 0 Å². The molecular formula is C15H17N3O2. The molecule has 1 aromatic carbocycles. The van der Waals surface area contributed by atoms with Crippen LogP contribution in [0.3, 0.4) is 0 Å². The molecule has 1 fully saturated rings. The summed E-state index contributed by atoms with van der Waals surface area (Å²) in [4.78, 5) is 11.4. The Bertz CT molecular complexity index is 657. The molecule has 3 rings (SSSR count). The summed E-state index contributed by atoms with van der Waals surface area (Å²) in [5.41, 5.74) is 1.32. The van der Waals surface area contributed by atoms with E-state index in [9.17, 15) is 9.90 Å². The normalized spacial score (nSPS) is 22.1. The number of benzene rings is 1. The average molecular weight is 271 g/mol. The quantitative estimate of drug-likeness (QED) is 0.897. The summed E-state index contributed by atoms with van der Waals surface area (Å²) >= 11 is 0. The maximum atomic E-state index is 11.4. The summed E-state index contributed by atoms with van der Waals surface area (Å²) in [6.45, 7) is 2.22. The second-order valence-corrected chi connectivity index (χ2v) is 5.51. The third kappa shape index (κ3) is 2.31. The minimum absolute atomic E-state index is 0.00301. The average Bonchev–Trinajstić information content (AvgIpc) is 2.84. The lowest BCUT2D eigenvalue weighted by atomic mass is 10.1. The predicted octanol–water partition coefficient (Wildman–Crippen LogP) is 2.93. The van der Waals surface area contributed by atoms with Crippen molar-refractivity contribution >= 4 is 22.6 Å². The Balaban J connectivity index is 2.05. The third-order valence-electron chi connectivity index (χ3n) is 3.91. The van der Waals surface area contributed by atoms with E-state index in [1.165, 1.54) is 6.42 Å². The van der Waals surface area contributed by atoms with Gasteiger partial charge in [0.15, 0.2) is 5.69 Å². The van der Waals surface area contributed by atoms with Gasteiger partial charge in [0.2, 0.25) is 0 Å². The summed E-state index contributed by atoms with van der Waals surface area (Å²) in [6, 6.07) is 7.81. The van der Waals surface area contributed by atoms with Crippen LogP contribution >= 0.6 is 0 Å². The molecule has 1 heterocycles. The van der Waals surface area contributed by atoms with Gasteiger partial charge in [-0.15, -0.1) is 10.2 Å². The lowest BCUT2D eigenvalue weighted by Gasteiger charge is -2.17. The van der Waals surface area contributed by atoms with E-state index in [1.54, 1.807) is 0 Å². The van der Waals surface area contributed by atoms with Gasteiger partial charge < -0.3 is 10.4 Å². The van der Waals surface area contributed by atoms with Gasteiger partial charge in [-0.1, -0.05) is 25.1 Å². The molecule has 5 nitrogen and oxygen atoms in total. The first kappa shape index (κ1) is 12.8. The van der Waals surface area contributed by atoms with Crippen molar-refractivity contribution in [2.75, 3.05) is 5.32 Å². The van der Waals surface area contributed by atoms with E-state index >= 15 is 0 Å². The molecule has 1 saturated carbocycles. The van der Waals surface area contributed by atoms with Crippen molar-refractivity contribution in [3.05, 3.63) is 30.0 Å². The first-order valence-electron chi connectivity index (χ1n) is 6.90. The Morgan fingerprint density at radius 2 is 2.10 bits per heavy atom. The van der Waals surface area contributed by atoms with Gasteiger partial charge in [0, 0.05) is 11.4 Å². The highest BCUT2D eigenvalue weighted by Crippen LogP contribution is 2.31. The van der Waals surface area contributed by atoms with E-state index < -0.39 is 5.97 Å². The van der Waals surface area contributed by atoms with Gasteiger partial charge in [-0.05, 0) is 31.2 Å². The van der Waals surface area contributed by atoms with Crippen LogP contribution in [0.15, 0.2) is 24.3 Å². The molecule has 2 unspecified atom stereocenters. The Kier molecular flexibility index (Phi) is 3.26. The highest BCUT2D eigenvalue weighted by molar-refractivity contribution is 6.02. The zero-order chi connectivity index (χ0) is 14.1. The first-order valence-corrected chi connectivity index (χ1v) is 6.90. The van der Waals surface area contributed by atoms with E-state index in [-0.39, 0.29) is 5.69 Å². The highest BCUT2D eigenvalue weighted by atomic mass is 16.4. The number of nitrogens with one attached hydrogen (secondary N) is 1. The smallest absolute Gasteiger partial charge is 0.358 e.